The first-order valence-electron chi connectivity index (χ1n) is 7.63. The molecule has 2 aliphatic heterocycles. The number of rotatable bonds is 2. The van der Waals surface area contributed by atoms with Crippen molar-refractivity contribution in [1.82, 2.24) is 5.32 Å². The summed E-state index contributed by atoms with van der Waals surface area (Å²) in [6.07, 6.45) is 4.57. The van der Waals surface area contributed by atoms with Gasteiger partial charge < -0.3 is 10.1 Å². The highest BCUT2D eigenvalue weighted by atomic mass is 16.5. The van der Waals surface area contributed by atoms with Crippen LogP contribution in [0.1, 0.15) is 38.3 Å². The van der Waals surface area contributed by atoms with Gasteiger partial charge in [0.1, 0.15) is 0 Å². The largest absolute Gasteiger partial charge is 0.378 e. The van der Waals surface area contributed by atoms with Gasteiger partial charge in [0.2, 0.25) is 0 Å². The van der Waals surface area contributed by atoms with Crippen LogP contribution in [0.2, 0.25) is 0 Å². The molecule has 2 heterocycles. The molecule has 2 atom stereocenters. The van der Waals surface area contributed by atoms with Crippen LogP contribution in [0.4, 0.5) is 0 Å². The van der Waals surface area contributed by atoms with Crippen molar-refractivity contribution in [3.05, 3.63) is 47.0 Å². The summed E-state index contributed by atoms with van der Waals surface area (Å²) in [7, 11) is 0. The minimum Gasteiger partial charge on any atom is -0.378 e. The van der Waals surface area contributed by atoms with Crippen LogP contribution in [0.25, 0.3) is 0 Å². The molecule has 3 rings (SSSR count). The van der Waals surface area contributed by atoms with Gasteiger partial charge in [0, 0.05) is 12.1 Å². The van der Waals surface area contributed by atoms with Crippen molar-refractivity contribution in [1.29, 1.82) is 0 Å². The quantitative estimate of drug-likeness (QED) is 0.834. The first kappa shape index (κ1) is 13.8. The fourth-order valence-corrected chi connectivity index (χ4v) is 3.14. The molecule has 1 N–H and O–H groups in total. The number of hydrogen-bond acceptors (Lipinski definition) is 2. The van der Waals surface area contributed by atoms with Crippen molar-refractivity contribution >= 4 is 0 Å². The van der Waals surface area contributed by atoms with Gasteiger partial charge in [-0.05, 0) is 29.4 Å². The minimum atomic E-state index is 0.237. The van der Waals surface area contributed by atoms with Crippen LogP contribution in [0.5, 0.6) is 0 Å². The summed E-state index contributed by atoms with van der Waals surface area (Å²) in [4.78, 5) is 0. The molecule has 2 bridgehead atoms. The molecule has 0 spiro atoms. The van der Waals surface area contributed by atoms with Gasteiger partial charge in [-0.1, -0.05) is 56.7 Å². The minimum absolute atomic E-state index is 0.237. The molecule has 108 valence electrons. The second-order valence-electron chi connectivity index (χ2n) is 7.16. The predicted molar refractivity (Wildman–Crippen MR) is 83.1 cm³/mol. The van der Waals surface area contributed by atoms with Crippen LogP contribution in [-0.4, -0.2) is 25.3 Å². The van der Waals surface area contributed by atoms with Crippen molar-refractivity contribution in [3.8, 4) is 0 Å². The number of hydrogen-bond donors (Lipinski definition) is 1. The monoisotopic (exact) mass is 271 g/mol. The van der Waals surface area contributed by atoms with Crippen molar-refractivity contribution in [2.45, 2.75) is 51.1 Å². The molecule has 0 saturated carbocycles. The zero-order valence-electron chi connectivity index (χ0n) is 12.8. The number of fused-ring (bicyclic) bond motifs is 2. The summed E-state index contributed by atoms with van der Waals surface area (Å²) in [5, 5.41) is 3.60. The van der Waals surface area contributed by atoms with Gasteiger partial charge in [-0.25, -0.2) is 0 Å². The van der Waals surface area contributed by atoms with E-state index in [0.717, 1.165) is 26.1 Å². The van der Waals surface area contributed by atoms with Crippen molar-refractivity contribution in [2.75, 3.05) is 13.2 Å². The number of ether oxygens (including phenoxy) is 1. The maximum atomic E-state index is 5.58. The molecule has 0 aliphatic carbocycles. The molecular weight excluding hydrogens is 246 g/mol. The first-order chi connectivity index (χ1) is 9.50. The van der Waals surface area contributed by atoms with Gasteiger partial charge in [-0.15, -0.1) is 0 Å². The summed E-state index contributed by atoms with van der Waals surface area (Å²) in [6, 6.07) is 10.1. The molecule has 1 aromatic rings. The Morgan fingerprint density at radius 2 is 1.90 bits per heavy atom. The molecule has 0 amide bonds. The highest BCUT2D eigenvalue weighted by molar-refractivity contribution is 5.31. The lowest BCUT2D eigenvalue weighted by atomic mass is 9.85. The van der Waals surface area contributed by atoms with Crippen LogP contribution in [-0.2, 0) is 16.6 Å². The summed E-state index contributed by atoms with van der Waals surface area (Å²) < 4.78 is 5.58. The Balaban J connectivity index is 1.70. The SMILES string of the molecule is CC(C)(C)c1ccc(CC2=CC3COCC(C2)N3)cc1. The Kier molecular flexibility index (Phi) is 3.70. The van der Waals surface area contributed by atoms with E-state index in [9.17, 15) is 0 Å². The summed E-state index contributed by atoms with van der Waals surface area (Å²) in [5.41, 5.74) is 4.63. The van der Waals surface area contributed by atoms with E-state index < -0.39 is 0 Å². The Bertz CT molecular complexity index is 495. The third kappa shape index (κ3) is 3.13. The normalized spacial score (nSPS) is 26.2. The van der Waals surface area contributed by atoms with E-state index >= 15 is 0 Å². The Labute approximate surface area is 122 Å². The number of nitrogens with one attached hydrogen (secondary N) is 1. The molecule has 1 aromatic carbocycles. The molecule has 2 nitrogen and oxygen atoms in total. The highest BCUT2D eigenvalue weighted by Crippen LogP contribution is 2.25. The van der Waals surface area contributed by atoms with Gasteiger partial charge in [0.05, 0.1) is 13.2 Å². The molecule has 20 heavy (non-hydrogen) atoms. The molecule has 2 aliphatic rings. The maximum absolute atomic E-state index is 5.58. The first-order valence-corrected chi connectivity index (χ1v) is 7.63. The molecule has 1 saturated heterocycles. The van der Waals surface area contributed by atoms with Gasteiger partial charge >= 0.3 is 0 Å². The van der Waals surface area contributed by atoms with Gasteiger partial charge in [0.25, 0.3) is 0 Å². The van der Waals surface area contributed by atoms with E-state index in [2.05, 4.69) is 56.4 Å². The van der Waals surface area contributed by atoms with E-state index in [-0.39, 0.29) is 5.41 Å². The average molecular weight is 271 g/mol. The van der Waals surface area contributed by atoms with E-state index in [4.69, 9.17) is 4.74 Å². The number of morpholine rings is 1. The third-order valence-electron chi connectivity index (χ3n) is 4.26. The van der Waals surface area contributed by atoms with Crippen LogP contribution in [0, 0.1) is 0 Å². The Morgan fingerprint density at radius 1 is 1.15 bits per heavy atom. The van der Waals surface area contributed by atoms with Gasteiger partial charge in [-0.3, -0.25) is 0 Å². The third-order valence-corrected chi connectivity index (χ3v) is 4.26. The number of benzene rings is 1. The molecule has 1 fully saturated rings. The lowest BCUT2D eigenvalue weighted by molar-refractivity contribution is 0.0528. The zero-order chi connectivity index (χ0) is 14.2. The van der Waals surface area contributed by atoms with Crippen LogP contribution < -0.4 is 5.32 Å². The Morgan fingerprint density at radius 3 is 2.55 bits per heavy atom. The van der Waals surface area contributed by atoms with Crippen molar-refractivity contribution in [2.24, 2.45) is 0 Å². The van der Waals surface area contributed by atoms with E-state index in [1.165, 1.54) is 11.1 Å². The fraction of sp³-hybridized carbons (Fsp3) is 0.556. The van der Waals surface area contributed by atoms with E-state index in [0.29, 0.717) is 12.1 Å². The van der Waals surface area contributed by atoms with Crippen molar-refractivity contribution in [3.63, 3.8) is 0 Å². The highest BCUT2D eigenvalue weighted by Gasteiger charge is 2.25. The second kappa shape index (κ2) is 5.34. The summed E-state index contributed by atoms with van der Waals surface area (Å²) in [6.45, 7) is 8.47. The predicted octanol–water partition coefficient (Wildman–Crippen LogP) is 3.21. The van der Waals surface area contributed by atoms with Gasteiger partial charge in [-0.2, -0.15) is 0 Å². The standard InChI is InChI=1S/C18H25NO/c1-18(2,3)15-6-4-13(5-7-15)8-14-9-16-11-20-12-17(10-14)19-16/h4-7,9,16-17,19H,8,10-12H2,1-3H3. The molecule has 2 unspecified atom stereocenters. The zero-order valence-corrected chi connectivity index (χ0v) is 12.8. The lowest BCUT2D eigenvalue weighted by Crippen LogP contribution is -2.50. The fourth-order valence-electron chi connectivity index (χ4n) is 3.14. The smallest absolute Gasteiger partial charge is 0.0656 e. The lowest BCUT2D eigenvalue weighted by Gasteiger charge is -2.35. The van der Waals surface area contributed by atoms with Crippen LogP contribution in [0.15, 0.2) is 35.9 Å². The van der Waals surface area contributed by atoms with Crippen molar-refractivity contribution < 1.29 is 4.74 Å². The summed E-state index contributed by atoms with van der Waals surface area (Å²) >= 11 is 0. The molecule has 0 aromatic heterocycles. The van der Waals surface area contributed by atoms with Crippen LogP contribution in [0.3, 0.4) is 0 Å². The summed E-state index contributed by atoms with van der Waals surface area (Å²) in [5.74, 6) is 0. The molecule has 0 radical (unpaired) electrons. The molecule has 2 heteroatoms. The topological polar surface area (TPSA) is 21.3 Å². The average Bonchev–Trinajstić information content (AvgIpc) is 2.38. The van der Waals surface area contributed by atoms with E-state index in [1.807, 2.05) is 0 Å². The van der Waals surface area contributed by atoms with E-state index in [1.54, 1.807) is 5.57 Å². The van der Waals surface area contributed by atoms with Crippen LogP contribution >= 0.6 is 0 Å². The Hall–Kier alpha value is -1.12. The second-order valence-corrected chi connectivity index (χ2v) is 7.16. The molecular formula is C18H25NO. The maximum Gasteiger partial charge on any atom is 0.0656 e. The van der Waals surface area contributed by atoms with Gasteiger partial charge in [0.15, 0.2) is 0 Å².